The van der Waals surface area contributed by atoms with Crippen molar-refractivity contribution >= 4 is 17.2 Å². The predicted octanol–water partition coefficient (Wildman–Crippen LogP) is 2.29. The zero-order chi connectivity index (χ0) is 9.80. The van der Waals surface area contributed by atoms with E-state index in [0.29, 0.717) is 6.54 Å². The van der Waals surface area contributed by atoms with Gasteiger partial charge < -0.3 is 5.32 Å². The molecule has 2 aromatic rings. The van der Waals surface area contributed by atoms with E-state index in [0.717, 1.165) is 10.6 Å². The summed E-state index contributed by atoms with van der Waals surface area (Å²) < 4.78 is 16.3. The van der Waals surface area contributed by atoms with Crippen molar-refractivity contribution in [3.05, 3.63) is 41.2 Å². The maximum Gasteiger partial charge on any atom is 0.123 e. The van der Waals surface area contributed by atoms with Gasteiger partial charge >= 0.3 is 0 Å². The Kier molecular flexibility index (Phi) is 2.69. The van der Waals surface area contributed by atoms with Crippen LogP contribution in [0.25, 0.3) is 0 Å². The molecule has 14 heavy (non-hydrogen) atoms. The SMILES string of the molecule is Fc1ccc(NCc2cnns2)cc1. The van der Waals surface area contributed by atoms with Crippen molar-refractivity contribution in [2.75, 3.05) is 5.32 Å². The first kappa shape index (κ1) is 9.08. The van der Waals surface area contributed by atoms with Crippen LogP contribution in [0, 0.1) is 5.82 Å². The summed E-state index contributed by atoms with van der Waals surface area (Å²) in [7, 11) is 0. The van der Waals surface area contributed by atoms with Crippen LogP contribution < -0.4 is 5.32 Å². The Morgan fingerprint density at radius 2 is 2.07 bits per heavy atom. The summed E-state index contributed by atoms with van der Waals surface area (Å²) in [5.41, 5.74) is 0.889. The van der Waals surface area contributed by atoms with Gasteiger partial charge in [0.15, 0.2) is 0 Å². The van der Waals surface area contributed by atoms with E-state index >= 15 is 0 Å². The molecule has 0 aliphatic rings. The lowest BCUT2D eigenvalue weighted by Crippen LogP contribution is -1.96. The highest BCUT2D eigenvalue weighted by molar-refractivity contribution is 7.05. The van der Waals surface area contributed by atoms with Crippen LogP contribution in [0.15, 0.2) is 30.5 Å². The highest BCUT2D eigenvalue weighted by atomic mass is 32.1. The van der Waals surface area contributed by atoms with Crippen LogP contribution in [0.5, 0.6) is 0 Å². The van der Waals surface area contributed by atoms with Crippen molar-refractivity contribution < 1.29 is 4.39 Å². The molecular formula is C9H8FN3S. The van der Waals surface area contributed by atoms with E-state index in [-0.39, 0.29) is 5.82 Å². The van der Waals surface area contributed by atoms with Crippen molar-refractivity contribution in [2.24, 2.45) is 0 Å². The molecule has 0 saturated carbocycles. The van der Waals surface area contributed by atoms with E-state index in [1.165, 1.54) is 23.7 Å². The first-order valence-electron chi connectivity index (χ1n) is 4.10. The summed E-state index contributed by atoms with van der Waals surface area (Å²) in [5.74, 6) is -0.227. The lowest BCUT2D eigenvalue weighted by atomic mass is 10.3. The Hall–Kier alpha value is -1.49. The molecule has 1 aromatic heterocycles. The highest BCUT2D eigenvalue weighted by Gasteiger charge is 1.96. The predicted molar refractivity (Wildman–Crippen MR) is 53.6 cm³/mol. The molecule has 0 unspecified atom stereocenters. The van der Waals surface area contributed by atoms with Gasteiger partial charge in [0, 0.05) is 5.69 Å². The number of halogens is 1. The van der Waals surface area contributed by atoms with E-state index in [1.807, 2.05) is 0 Å². The van der Waals surface area contributed by atoms with Crippen LogP contribution >= 0.6 is 11.5 Å². The molecule has 0 saturated heterocycles. The molecule has 1 aromatic carbocycles. The Bertz CT molecular complexity index is 385. The summed E-state index contributed by atoms with van der Waals surface area (Å²) in [5, 5.41) is 6.86. The second-order valence-corrected chi connectivity index (χ2v) is 3.61. The van der Waals surface area contributed by atoms with Gasteiger partial charge in [-0.1, -0.05) is 4.49 Å². The van der Waals surface area contributed by atoms with Crippen molar-refractivity contribution in [2.45, 2.75) is 6.54 Å². The van der Waals surface area contributed by atoms with Crippen LogP contribution in [0.1, 0.15) is 4.88 Å². The monoisotopic (exact) mass is 209 g/mol. The third kappa shape index (κ3) is 2.26. The minimum absolute atomic E-state index is 0.227. The van der Waals surface area contributed by atoms with E-state index in [1.54, 1.807) is 18.3 Å². The summed E-state index contributed by atoms with van der Waals surface area (Å²) >= 11 is 1.35. The summed E-state index contributed by atoms with van der Waals surface area (Å²) in [6.45, 7) is 0.670. The maximum absolute atomic E-state index is 12.6. The third-order valence-corrected chi connectivity index (χ3v) is 2.38. The zero-order valence-electron chi connectivity index (χ0n) is 7.27. The highest BCUT2D eigenvalue weighted by Crippen LogP contribution is 2.10. The molecule has 0 amide bonds. The molecule has 1 heterocycles. The smallest absolute Gasteiger partial charge is 0.123 e. The molecule has 0 atom stereocenters. The van der Waals surface area contributed by atoms with Gasteiger partial charge in [0.1, 0.15) is 5.82 Å². The van der Waals surface area contributed by atoms with Gasteiger partial charge in [0.2, 0.25) is 0 Å². The molecule has 0 spiro atoms. The number of nitrogens with one attached hydrogen (secondary N) is 1. The van der Waals surface area contributed by atoms with E-state index in [9.17, 15) is 4.39 Å². The van der Waals surface area contributed by atoms with Crippen LogP contribution in [0.2, 0.25) is 0 Å². The second kappa shape index (κ2) is 4.15. The molecule has 5 heteroatoms. The van der Waals surface area contributed by atoms with Crippen LogP contribution in [-0.2, 0) is 6.54 Å². The van der Waals surface area contributed by atoms with Crippen molar-refractivity contribution in [1.29, 1.82) is 0 Å². The van der Waals surface area contributed by atoms with Crippen LogP contribution in [0.3, 0.4) is 0 Å². The second-order valence-electron chi connectivity index (χ2n) is 2.74. The van der Waals surface area contributed by atoms with Crippen molar-refractivity contribution in [1.82, 2.24) is 9.59 Å². The van der Waals surface area contributed by atoms with Gasteiger partial charge in [-0.2, -0.15) is 0 Å². The number of benzene rings is 1. The summed E-state index contributed by atoms with van der Waals surface area (Å²) in [4.78, 5) is 1.05. The van der Waals surface area contributed by atoms with Gasteiger partial charge in [0.05, 0.1) is 17.6 Å². The standard InChI is InChI=1S/C9H8FN3S/c10-7-1-3-8(4-2-7)11-5-9-6-12-13-14-9/h1-4,6,11H,5H2. The molecule has 0 fully saturated rings. The molecule has 0 aliphatic carbocycles. The normalized spacial score (nSPS) is 10.1. The average molecular weight is 209 g/mol. The molecule has 2 rings (SSSR count). The fourth-order valence-corrected chi connectivity index (χ4v) is 1.45. The molecule has 0 radical (unpaired) electrons. The Labute approximate surface area is 84.8 Å². The van der Waals surface area contributed by atoms with Gasteiger partial charge in [0.25, 0.3) is 0 Å². The zero-order valence-corrected chi connectivity index (χ0v) is 8.09. The number of rotatable bonds is 3. The van der Waals surface area contributed by atoms with E-state index < -0.39 is 0 Å². The van der Waals surface area contributed by atoms with Gasteiger partial charge in [-0.25, -0.2) is 4.39 Å². The van der Waals surface area contributed by atoms with Gasteiger partial charge in [-0.05, 0) is 35.8 Å². The Morgan fingerprint density at radius 3 is 2.71 bits per heavy atom. The average Bonchev–Trinajstić information content (AvgIpc) is 2.70. The van der Waals surface area contributed by atoms with E-state index in [4.69, 9.17) is 0 Å². The number of hydrogen-bond donors (Lipinski definition) is 1. The molecule has 0 aliphatic heterocycles. The topological polar surface area (TPSA) is 37.8 Å². The molecule has 3 nitrogen and oxygen atoms in total. The Balaban J connectivity index is 1.95. The maximum atomic E-state index is 12.6. The molecule has 1 N–H and O–H groups in total. The Morgan fingerprint density at radius 1 is 1.29 bits per heavy atom. The van der Waals surface area contributed by atoms with Crippen LogP contribution in [0.4, 0.5) is 10.1 Å². The molecule has 72 valence electrons. The number of aromatic nitrogens is 2. The largest absolute Gasteiger partial charge is 0.380 e. The number of nitrogens with zero attached hydrogens (tertiary/aromatic N) is 2. The molecular weight excluding hydrogens is 201 g/mol. The molecule has 0 bridgehead atoms. The fraction of sp³-hybridized carbons (Fsp3) is 0.111. The van der Waals surface area contributed by atoms with Crippen molar-refractivity contribution in [3.8, 4) is 0 Å². The third-order valence-electron chi connectivity index (χ3n) is 1.72. The minimum atomic E-state index is -0.227. The lowest BCUT2D eigenvalue weighted by Gasteiger charge is -2.02. The van der Waals surface area contributed by atoms with Crippen molar-refractivity contribution in [3.63, 3.8) is 0 Å². The minimum Gasteiger partial charge on any atom is -0.380 e. The number of hydrogen-bond acceptors (Lipinski definition) is 4. The first-order chi connectivity index (χ1) is 6.84. The quantitative estimate of drug-likeness (QED) is 0.842. The fourth-order valence-electron chi connectivity index (χ4n) is 1.02. The van der Waals surface area contributed by atoms with Gasteiger partial charge in [-0.3, -0.25) is 0 Å². The summed E-state index contributed by atoms with van der Waals surface area (Å²) in [6.07, 6.45) is 1.71. The summed E-state index contributed by atoms with van der Waals surface area (Å²) in [6, 6.07) is 6.24. The lowest BCUT2D eigenvalue weighted by molar-refractivity contribution is 0.628. The number of anilines is 1. The first-order valence-corrected chi connectivity index (χ1v) is 4.87. The van der Waals surface area contributed by atoms with E-state index in [2.05, 4.69) is 14.9 Å². The van der Waals surface area contributed by atoms with Gasteiger partial charge in [-0.15, -0.1) is 5.10 Å². The van der Waals surface area contributed by atoms with Crippen LogP contribution in [-0.4, -0.2) is 9.59 Å².